The summed E-state index contributed by atoms with van der Waals surface area (Å²) in [6, 6.07) is 0. The molecule has 0 N–H and O–H groups in total. The normalized spacial score (nSPS) is 13.1. The van der Waals surface area contributed by atoms with Crippen LogP contribution in [0.3, 0.4) is 0 Å². The van der Waals surface area contributed by atoms with E-state index < -0.39 is 31.1 Å². The molecule has 1 heterocycles. The number of rotatable bonds is 9. The van der Waals surface area contributed by atoms with Crippen LogP contribution in [0, 0.1) is 0 Å². The molecule has 0 aliphatic carbocycles. The number of hydrogen-bond acceptors (Lipinski definition) is 5. The van der Waals surface area contributed by atoms with E-state index in [2.05, 4.69) is 30.8 Å². The Labute approximate surface area is 176 Å². The number of hydrogen-bond donors (Lipinski definition) is 0. The summed E-state index contributed by atoms with van der Waals surface area (Å²) in [7, 11) is -13.4. The Bertz CT molecular complexity index is 820. The Morgan fingerprint density at radius 2 is 1.40 bits per heavy atom. The van der Waals surface area contributed by atoms with Crippen molar-refractivity contribution >= 4 is 31.4 Å². The molecule has 1 aromatic rings. The maximum atomic E-state index is 11.4. The van der Waals surface area contributed by atoms with Crippen molar-refractivity contribution in [2.24, 2.45) is 0 Å². The minimum absolute atomic E-state index is 0.778. The van der Waals surface area contributed by atoms with Crippen molar-refractivity contribution in [2.75, 3.05) is 0 Å². The first-order valence-corrected chi connectivity index (χ1v) is 12.7. The lowest BCUT2D eigenvalue weighted by Gasteiger charge is -2.22. The van der Waals surface area contributed by atoms with Crippen molar-refractivity contribution in [2.45, 2.75) is 76.9 Å². The molecule has 0 bridgehead atoms. The van der Waals surface area contributed by atoms with E-state index in [0.29, 0.717) is 0 Å². The topological polar surface area (TPSA) is 86.3 Å². The standard InChI is InChI=1S/C13H24NS.C2F6NO4S2/c1-4-7-8-9-10-13-12(5-2)14(6-3)11-15-13;3-1(4,5)14(10,11)9-15(12,13)2(6,7)8/h11H,4-10H2,1-3H3;/q+1;-1. The zero-order valence-electron chi connectivity index (χ0n) is 16.5. The molecular weight excluding hydrogens is 482 g/mol. The second kappa shape index (κ2) is 11.6. The summed E-state index contributed by atoms with van der Waals surface area (Å²) in [5.74, 6) is 0. The third-order valence-corrected chi connectivity index (χ3v) is 7.53. The molecule has 0 fully saturated rings. The van der Waals surface area contributed by atoms with Gasteiger partial charge in [-0.15, -0.1) is 0 Å². The van der Waals surface area contributed by atoms with Gasteiger partial charge in [-0.2, -0.15) is 30.9 Å². The van der Waals surface area contributed by atoms with E-state index in [9.17, 15) is 43.2 Å². The van der Waals surface area contributed by atoms with Gasteiger partial charge in [-0.25, -0.2) is 16.8 Å². The highest BCUT2D eigenvalue weighted by atomic mass is 32.3. The minimum atomic E-state index is -6.72. The molecular formula is C15H24F6N2O4S3. The molecule has 0 atom stereocenters. The number of aryl methyl sites for hydroxylation is 2. The van der Waals surface area contributed by atoms with Gasteiger partial charge >= 0.3 is 11.0 Å². The summed E-state index contributed by atoms with van der Waals surface area (Å²) >= 11 is 1.95. The quantitative estimate of drug-likeness (QED) is 0.274. The first-order valence-electron chi connectivity index (χ1n) is 8.89. The summed E-state index contributed by atoms with van der Waals surface area (Å²) < 4.78 is 112. The van der Waals surface area contributed by atoms with E-state index in [1.165, 1.54) is 38.5 Å². The van der Waals surface area contributed by atoms with Gasteiger partial charge in [0.1, 0.15) is 6.54 Å². The van der Waals surface area contributed by atoms with Gasteiger partial charge in [-0.05, 0) is 19.8 Å². The molecule has 178 valence electrons. The molecule has 0 aliphatic heterocycles. The first-order chi connectivity index (χ1) is 13.5. The molecule has 0 amide bonds. The van der Waals surface area contributed by atoms with Gasteiger partial charge in [-0.3, -0.25) is 0 Å². The van der Waals surface area contributed by atoms with Crippen LogP contribution in [-0.2, 0) is 39.4 Å². The highest BCUT2D eigenvalue weighted by molar-refractivity contribution is 8.13. The highest BCUT2D eigenvalue weighted by Crippen LogP contribution is 2.36. The molecule has 6 nitrogen and oxygen atoms in total. The van der Waals surface area contributed by atoms with Crippen molar-refractivity contribution in [3.63, 3.8) is 0 Å². The average molecular weight is 507 g/mol. The van der Waals surface area contributed by atoms with Crippen molar-refractivity contribution < 1.29 is 47.7 Å². The van der Waals surface area contributed by atoms with Crippen LogP contribution in [0.2, 0.25) is 0 Å². The lowest BCUT2D eigenvalue weighted by molar-refractivity contribution is -0.696. The smallest absolute Gasteiger partial charge is 0.421 e. The van der Waals surface area contributed by atoms with E-state index in [0.717, 1.165) is 10.7 Å². The predicted molar refractivity (Wildman–Crippen MR) is 101 cm³/mol. The second-order valence-electron chi connectivity index (χ2n) is 5.96. The van der Waals surface area contributed by atoms with Crippen molar-refractivity contribution in [3.05, 3.63) is 20.2 Å². The van der Waals surface area contributed by atoms with Gasteiger partial charge in [0.2, 0.25) is 5.51 Å². The van der Waals surface area contributed by atoms with Crippen LogP contribution in [0.25, 0.3) is 4.13 Å². The Hall–Kier alpha value is -0.930. The third kappa shape index (κ3) is 8.67. The van der Waals surface area contributed by atoms with Crippen LogP contribution in [0.1, 0.15) is 57.0 Å². The van der Waals surface area contributed by atoms with Gasteiger partial charge < -0.3 is 4.13 Å². The van der Waals surface area contributed by atoms with Crippen LogP contribution >= 0.6 is 11.3 Å². The van der Waals surface area contributed by atoms with Gasteiger partial charge in [0.05, 0.1) is 4.88 Å². The number of sulfonamides is 2. The lowest BCUT2D eigenvalue weighted by Crippen LogP contribution is -2.34. The number of unbranched alkanes of at least 4 members (excludes halogenated alkanes) is 3. The number of alkyl halides is 6. The zero-order chi connectivity index (χ0) is 23.8. The van der Waals surface area contributed by atoms with E-state index in [-0.39, 0.29) is 0 Å². The monoisotopic (exact) mass is 506 g/mol. The van der Waals surface area contributed by atoms with Gasteiger partial charge in [0.25, 0.3) is 0 Å². The fourth-order valence-corrected chi connectivity index (χ4v) is 5.11. The molecule has 0 unspecified atom stereocenters. The van der Waals surface area contributed by atoms with Crippen molar-refractivity contribution in [1.82, 2.24) is 0 Å². The van der Waals surface area contributed by atoms with E-state index in [1.54, 1.807) is 10.6 Å². The Kier molecular flexibility index (Phi) is 11.3. The van der Waals surface area contributed by atoms with E-state index >= 15 is 0 Å². The van der Waals surface area contributed by atoms with Crippen molar-refractivity contribution in [3.8, 4) is 0 Å². The Morgan fingerprint density at radius 3 is 1.77 bits per heavy atom. The molecule has 0 saturated heterocycles. The molecule has 0 aliphatic rings. The molecule has 1 rings (SSSR count). The van der Waals surface area contributed by atoms with E-state index in [1.807, 2.05) is 11.3 Å². The average Bonchev–Trinajstić information content (AvgIpc) is 2.98. The van der Waals surface area contributed by atoms with Gasteiger partial charge in [0.15, 0.2) is 25.7 Å². The molecule has 0 radical (unpaired) electrons. The Morgan fingerprint density at radius 1 is 0.900 bits per heavy atom. The highest BCUT2D eigenvalue weighted by Gasteiger charge is 2.46. The molecule has 15 heteroatoms. The molecule has 0 spiro atoms. The molecule has 30 heavy (non-hydrogen) atoms. The summed E-state index contributed by atoms with van der Waals surface area (Å²) in [5.41, 5.74) is -8.55. The number of nitrogens with zero attached hydrogens (tertiary/aromatic N) is 2. The number of thiazole rings is 1. The first kappa shape index (κ1) is 29.1. The number of aromatic nitrogens is 1. The SMILES string of the molecule is CCCCCCc1sc[n+](CC)c1CC.O=S(=O)([N-]S(=O)(=O)C(F)(F)F)C(F)(F)F. The van der Waals surface area contributed by atoms with Crippen LogP contribution < -0.4 is 4.57 Å². The van der Waals surface area contributed by atoms with Gasteiger partial charge in [0, 0.05) is 6.42 Å². The molecule has 1 aromatic heterocycles. The van der Waals surface area contributed by atoms with Crippen LogP contribution in [-0.4, -0.2) is 27.9 Å². The molecule has 0 aromatic carbocycles. The maximum Gasteiger partial charge on any atom is 0.480 e. The van der Waals surface area contributed by atoms with Crippen LogP contribution in [0.15, 0.2) is 5.51 Å². The fraction of sp³-hybridized carbons (Fsp3) is 0.800. The van der Waals surface area contributed by atoms with Crippen molar-refractivity contribution in [1.29, 1.82) is 0 Å². The minimum Gasteiger partial charge on any atom is -0.421 e. The third-order valence-electron chi connectivity index (χ3n) is 3.70. The summed E-state index contributed by atoms with van der Waals surface area (Å²) in [6.07, 6.45) is 7.96. The second-order valence-corrected chi connectivity index (χ2v) is 10.3. The summed E-state index contributed by atoms with van der Waals surface area (Å²) in [5, 5.41) is 0. The van der Waals surface area contributed by atoms with E-state index in [4.69, 9.17) is 0 Å². The molecule has 0 saturated carbocycles. The summed E-state index contributed by atoms with van der Waals surface area (Å²) in [6.45, 7) is 7.89. The maximum absolute atomic E-state index is 11.4. The van der Waals surface area contributed by atoms with Crippen LogP contribution in [0.5, 0.6) is 0 Å². The van der Waals surface area contributed by atoms with Gasteiger partial charge in [-0.1, -0.05) is 44.4 Å². The fourth-order valence-electron chi connectivity index (χ4n) is 2.21. The zero-order valence-corrected chi connectivity index (χ0v) is 19.0. The summed E-state index contributed by atoms with van der Waals surface area (Å²) in [4.78, 5) is 1.62. The Balaban J connectivity index is 0.000000561. The predicted octanol–water partition coefficient (Wildman–Crippen LogP) is 4.80. The lowest BCUT2D eigenvalue weighted by atomic mass is 10.1. The number of halogens is 6. The van der Waals surface area contributed by atoms with Crippen LogP contribution in [0.4, 0.5) is 26.3 Å². The largest absolute Gasteiger partial charge is 0.480 e.